The first-order chi connectivity index (χ1) is 15.6. The van der Waals surface area contributed by atoms with E-state index in [0.717, 1.165) is 11.1 Å². The van der Waals surface area contributed by atoms with Gasteiger partial charge in [-0.25, -0.2) is 0 Å². The van der Waals surface area contributed by atoms with E-state index in [1.165, 1.54) is 0 Å². The molecule has 7 nitrogen and oxygen atoms in total. The van der Waals surface area contributed by atoms with Crippen LogP contribution in [0.5, 0.6) is 11.5 Å². The number of rotatable bonds is 7. The second kappa shape index (κ2) is 9.98. The van der Waals surface area contributed by atoms with Crippen molar-refractivity contribution in [3.05, 3.63) is 72.8 Å². The molecule has 0 aromatic heterocycles. The van der Waals surface area contributed by atoms with Crippen molar-refractivity contribution in [3.63, 3.8) is 0 Å². The van der Waals surface area contributed by atoms with E-state index in [-0.39, 0.29) is 24.9 Å². The standard InChI is InChI=1S/C25H25N3O4/c1-28(17-25(30)27-21-11-12-22-23(15-21)32-14-13-31-22)16-24(29)26-20-9-7-19(8-10-20)18-5-3-2-4-6-18/h2-12,15H,13-14,16-17H2,1H3,(H,26,29)(H,27,30). The highest BCUT2D eigenvalue weighted by Gasteiger charge is 2.15. The molecule has 1 heterocycles. The minimum absolute atomic E-state index is 0.0782. The fraction of sp³-hybridized carbons (Fsp3) is 0.200. The Bertz CT molecular complexity index is 1080. The Kier molecular flexibility index (Phi) is 6.67. The molecule has 2 N–H and O–H groups in total. The van der Waals surface area contributed by atoms with Gasteiger partial charge >= 0.3 is 0 Å². The maximum atomic E-state index is 12.4. The summed E-state index contributed by atoms with van der Waals surface area (Å²) in [7, 11) is 1.72. The highest BCUT2D eigenvalue weighted by molar-refractivity contribution is 5.95. The molecule has 7 heteroatoms. The normalized spacial score (nSPS) is 12.3. The van der Waals surface area contributed by atoms with E-state index in [4.69, 9.17) is 9.47 Å². The zero-order valence-electron chi connectivity index (χ0n) is 17.8. The van der Waals surface area contributed by atoms with Gasteiger partial charge in [-0.2, -0.15) is 0 Å². The van der Waals surface area contributed by atoms with E-state index < -0.39 is 0 Å². The monoisotopic (exact) mass is 431 g/mol. The van der Waals surface area contributed by atoms with Crippen LogP contribution in [-0.4, -0.2) is 50.1 Å². The predicted molar refractivity (Wildman–Crippen MR) is 124 cm³/mol. The summed E-state index contributed by atoms with van der Waals surface area (Å²) in [6.07, 6.45) is 0. The smallest absolute Gasteiger partial charge is 0.238 e. The molecule has 1 aliphatic rings. The molecule has 164 valence electrons. The van der Waals surface area contributed by atoms with Crippen LogP contribution in [0.3, 0.4) is 0 Å². The lowest BCUT2D eigenvalue weighted by atomic mass is 10.1. The first-order valence-electron chi connectivity index (χ1n) is 10.4. The van der Waals surface area contributed by atoms with Gasteiger partial charge in [0.1, 0.15) is 13.2 Å². The number of nitrogens with zero attached hydrogens (tertiary/aromatic N) is 1. The van der Waals surface area contributed by atoms with E-state index in [2.05, 4.69) is 10.6 Å². The van der Waals surface area contributed by atoms with Crippen molar-refractivity contribution < 1.29 is 19.1 Å². The lowest BCUT2D eigenvalue weighted by molar-refractivity contribution is -0.119. The molecule has 0 bridgehead atoms. The highest BCUT2D eigenvalue weighted by atomic mass is 16.6. The van der Waals surface area contributed by atoms with Gasteiger partial charge in [-0.05, 0) is 42.4 Å². The van der Waals surface area contributed by atoms with Crippen molar-refractivity contribution in [3.8, 4) is 22.6 Å². The third-order valence-corrected chi connectivity index (χ3v) is 4.93. The van der Waals surface area contributed by atoms with Crippen molar-refractivity contribution in [2.75, 3.05) is 44.0 Å². The molecule has 4 rings (SSSR count). The minimum atomic E-state index is -0.218. The predicted octanol–water partition coefficient (Wildman–Crippen LogP) is 3.63. The van der Waals surface area contributed by atoms with E-state index in [0.29, 0.717) is 36.1 Å². The number of hydrogen-bond donors (Lipinski definition) is 2. The van der Waals surface area contributed by atoms with Crippen LogP contribution >= 0.6 is 0 Å². The first kappa shape index (κ1) is 21.4. The first-order valence-corrected chi connectivity index (χ1v) is 10.4. The maximum Gasteiger partial charge on any atom is 0.238 e. The molecule has 0 atom stereocenters. The Hall–Kier alpha value is -3.84. The summed E-state index contributed by atoms with van der Waals surface area (Å²) in [6.45, 7) is 1.17. The van der Waals surface area contributed by atoms with Crippen LogP contribution in [-0.2, 0) is 9.59 Å². The molecular weight excluding hydrogens is 406 g/mol. The SMILES string of the molecule is CN(CC(=O)Nc1ccc(-c2ccccc2)cc1)CC(=O)Nc1ccc2c(c1)OCCO2. The maximum absolute atomic E-state index is 12.4. The molecular formula is C25H25N3O4. The summed E-state index contributed by atoms with van der Waals surface area (Å²) in [5.41, 5.74) is 3.53. The van der Waals surface area contributed by atoms with Crippen LogP contribution in [0.1, 0.15) is 0 Å². The summed E-state index contributed by atoms with van der Waals surface area (Å²) in [5.74, 6) is 0.871. The van der Waals surface area contributed by atoms with Gasteiger partial charge in [-0.3, -0.25) is 14.5 Å². The molecule has 0 fully saturated rings. The number of benzene rings is 3. The fourth-order valence-electron chi connectivity index (χ4n) is 3.44. The number of hydrogen-bond acceptors (Lipinski definition) is 5. The molecule has 3 aromatic rings. The van der Waals surface area contributed by atoms with Crippen LogP contribution < -0.4 is 20.1 Å². The van der Waals surface area contributed by atoms with Crippen LogP contribution in [0.4, 0.5) is 11.4 Å². The van der Waals surface area contributed by atoms with Crippen LogP contribution in [0.25, 0.3) is 11.1 Å². The number of amides is 2. The summed E-state index contributed by atoms with van der Waals surface area (Å²) in [5, 5.41) is 5.69. The van der Waals surface area contributed by atoms with Crippen LogP contribution in [0, 0.1) is 0 Å². The number of carbonyl (C=O) groups excluding carboxylic acids is 2. The largest absolute Gasteiger partial charge is 0.486 e. The van der Waals surface area contributed by atoms with Gasteiger partial charge in [-0.1, -0.05) is 42.5 Å². The molecule has 0 saturated heterocycles. The number of fused-ring (bicyclic) bond motifs is 1. The zero-order valence-corrected chi connectivity index (χ0v) is 17.8. The van der Waals surface area contributed by atoms with Crippen LogP contribution in [0.15, 0.2) is 72.8 Å². The molecule has 0 spiro atoms. The van der Waals surface area contributed by atoms with Gasteiger partial charge in [0.05, 0.1) is 13.1 Å². The molecule has 0 aliphatic carbocycles. The molecule has 0 saturated carbocycles. The molecule has 3 aromatic carbocycles. The summed E-state index contributed by atoms with van der Waals surface area (Å²) >= 11 is 0. The molecule has 1 aliphatic heterocycles. The summed E-state index contributed by atoms with van der Waals surface area (Å²) in [6, 6.07) is 23.0. The average Bonchev–Trinajstić information content (AvgIpc) is 2.80. The number of ether oxygens (including phenoxy) is 2. The van der Waals surface area contributed by atoms with Crippen molar-refractivity contribution in [2.45, 2.75) is 0 Å². The number of carbonyl (C=O) groups is 2. The van der Waals surface area contributed by atoms with Crippen molar-refractivity contribution in [1.82, 2.24) is 4.90 Å². The van der Waals surface area contributed by atoms with Gasteiger partial charge in [0.25, 0.3) is 0 Å². The number of anilines is 2. The summed E-state index contributed by atoms with van der Waals surface area (Å²) in [4.78, 5) is 26.4. The zero-order chi connectivity index (χ0) is 22.3. The second-order valence-corrected chi connectivity index (χ2v) is 7.57. The van der Waals surface area contributed by atoms with Crippen molar-refractivity contribution in [1.29, 1.82) is 0 Å². The number of likely N-dealkylation sites (N-methyl/N-ethyl adjacent to an activating group) is 1. The van der Waals surface area contributed by atoms with Gasteiger partial charge in [0.2, 0.25) is 11.8 Å². The number of nitrogens with one attached hydrogen (secondary N) is 2. The Labute approximate surface area is 187 Å². The Morgan fingerprint density at radius 3 is 2.00 bits per heavy atom. The molecule has 0 unspecified atom stereocenters. The lowest BCUT2D eigenvalue weighted by Crippen LogP contribution is -2.36. The van der Waals surface area contributed by atoms with Crippen LogP contribution in [0.2, 0.25) is 0 Å². The van der Waals surface area contributed by atoms with E-state index in [9.17, 15) is 9.59 Å². The van der Waals surface area contributed by atoms with Gasteiger partial charge in [0.15, 0.2) is 11.5 Å². The quantitative estimate of drug-likeness (QED) is 0.597. The molecule has 2 amide bonds. The third-order valence-electron chi connectivity index (χ3n) is 4.93. The summed E-state index contributed by atoms with van der Waals surface area (Å²) < 4.78 is 11.0. The van der Waals surface area contributed by atoms with E-state index in [1.807, 2.05) is 54.6 Å². The Balaban J connectivity index is 1.25. The van der Waals surface area contributed by atoms with Gasteiger partial charge < -0.3 is 20.1 Å². The van der Waals surface area contributed by atoms with Crippen molar-refractivity contribution >= 4 is 23.2 Å². The minimum Gasteiger partial charge on any atom is -0.486 e. The lowest BCUT2D eigenvalue weighted by Gasteiger charge is -2.19. The Morgan fingerprint density at radius 1 is 0.750 bits per heavy atom. The third kappa shape index (κ3) is 5.65. The highest BCUT2D eigenvalue weighted by Crippen LogP contribution is 2.32. The van der Waals surface area contributed by atoms with Crippen molar-refractivity contribution in [2.24, 2.45) is 0 Å². The molecule has 32 heavy (non-hydrogen) atoms. The average molecular weight is 431 g/mol. The molecule has 0 radical (unpaired) electrons. The fourth-order valence-corrected chi connectivity index (χ4v) is 3.44. The Morgan fingerprint density at radius 2 is 1.31 bits per heavy atom. The van der Waals surface area contributed by atoms with Gasteiger partial charge in [-0.15, -0.1) is 0 Å². The van der Waals surface area contributed by atoms with E-state index in [1.54, 1.807) is 30.1 Å². The van der Waals surface area contributed by atoms with Gasteiger partial charge in [0, 0.05) is 17.4 Å². The second-order valence-electron chi connectivity index (χ2n) is 7.57. The topological polar surface area (TPSA) is 79.9 Å². The van der Waals surface area contributed by atoms with E-state index >= 15 is 0 Å².